The molecule has 1 radical (unpaired) electrons. The van der Waals surface area contributed by atoms with Gasteiger partial charge in [0.05, 0.1) is 10.3 Å². The number of hydrogen-bond acceptors (Lipinski definition) is 4. The van der Waals surface area contributed by atoms with Gasteiger partial charge in [0, 0.05) is 42.8 Å². The Morgan fingerprint density at radius 1 is 0.700 bits per heavy atom. The molecule has 0 saturated heterocycles. The van der Waals surface area contributed by atoms with Crippen LogP contribution in [0.25, 0.3) is 54.5 Å². The number of fused-ring (bicyclic) bond motifs is 5. The van der Waals surface area contributed by atoms with Crippen molar-refractivity contribution >= 4 is 43.4 Å². The van der Waals surface area contributed by atoms with Crippen molar-refractivity contribution in [3.63, 3.8) is 0 Å². The second-order valence-electron chi connectivity index (χ2n) is 10.1. The van der Waals surface area contributed by atoms with Crippen LogP contribution < -0.4 is 0 Å². The summed E-state index contributed by atoms with van der Waals surface area (Å²) < 4.78 is 7.59. The molecule has 0 N–H and O–H groups in total. The molecule has 4 aromatic heterocycles. The van der Waals surface area contributed by atoms with E-state index in [1.54, 1.807) is 11.3 Å². The van der Waals surface area contributed by atoms with Gasteiger partial charge in [-0.25, -0.2) is 0 Å². The Morgan fingerprint density at radius 2 is 1.48 bits per heavy atom. The standard InChI is InChI=1S/C22H16NOS.C13H12N.Ir/c1-12-9-19(23-11-13(12)2)18-6-4-5-16-17-8-7-15-10-14(3)25-22(15)21(17)24-20(16)18;1-10-3-6-12(7-4-10)13-8-5-11(2)9-14-13;/h4-5,7-11H,1-3H3;3-6,8-9H,1-2H3;/q2*-1;. The Hall–Kier alpha value is -3.63. The molecule has 0 fully saturated rings. The van der Waals surface area contributed by atoms with Crippen LogP contribution in [-0.4, -0.2) is 9.97 Å². The monoisotopic (exact) mass is 717 g/mol. The Morgan fingerprint density at radius 3 is 2.20 bits per heavy atom. The molecule has 0 saturated carbocycles. The van der Waals surface area contributed by atoms with Crippen molar-refractivity contribution in [1.29, 1.82) is 0 Å². The molecule has 3 nitrogen and oxygen atoms in total. The topological polar surface area (TPSA) is 38.9 Å². The van der Waals surface area contributed by atoms with E-state index in [-0.39, 0.29) is 20.1 Å². The van der Waals surface area contributed by atoms with Gasteiger partial charge in [-0.3, -0.25) is 0 Å². The summed E-state index contributed by atoms with van der Waals surface area (Å²) >= 11 is 1.78. The molecule has 7 rings (SSSR count). The molecular formula is C35H28IrN2OS-2. The van der Waals surface area contributed by atoms with Gasteiger partial charge in [-0.1, -0.05) is 53.8 Å². The van der Waals surface area contributed by atoms with Gasteiger partial charge in [0.1, 0.15) is 5.58 Å². The van der Waals surface area contributed by atoms with Crippen LogP contribution in [0.2, 0.25) is 0 Å². The number of hydrogen-bond donors (Lipinski definition) is 0. The summed E-state index contributed by atoms with van der Waals surface area (Å²) in [5, 5.41) is 3.52. The summed E-state index contributed by atoms with van der Waals surface area (Å²) in [6.45, 7) is 10.4. The molecule has 4 heterocycles. The largest absolute Gasteiger partial charge is 0.499 e. The second-order valence-corrected chi connectivity index (χ2v) is 11.3. The zero-order valence-electron chi connectivity index (χ0n) is 23.0. The molecular weight excluding hydrogens is 689 g/mol. The zero-order chi connectivity index (χ0) is 27.1. The fraction of sp³-hybridized carbons (Fsp3) is 0.143. The van der Waals surface area contributed by atoms with E-state index in [1.165, 1.54) is 37.2 Å². The normalized spacial score (nSPS) is 10.9. The molecule has 0 aliphatic carbocycles. The molecule has 40 heavy (non-hydrogen) atoms. The average molecular weight is 717 g/mol. The van der Waals surface area contributed by atoms with Crippen LogP contribution in [-0.2, 0) is 20.1 Å². The summed E-state index contributed by atoms with van der Waals surface area (Å²) in [5.74, 6) is 0. The third-order valence-electron chi connectivity index (χ3n) is 6.99. The number of thiophene rings is 1. The minimum absolute atomic E-state index is 0. The minimum atomic E-state index is 0. The van der Waals surface area contributed by atoms with E-state index in [1.807, 2.05) is 43.6 Å². The van der Waals surface area contributed by atoms with E-state index in [0.717, 1.165) is 44.5 Å². The first-order valence-electron chi connectivity index (χ1n) is 13.0. The quantitative estimate of drug-likeness (QED) is 0.167. The Balaban J connectivity index is 0.000000184. The number of pyridine rings is 2. The van der Waals surface area contributed by atoms with Crippen molar-refractivity contribution in [3.8, 4) is 22.5 Å². The van der Waals surface area contributed by atoms with E-state index in [2.05, 4.69) is 92.3 Å². The van der Waals surface area contributed by atoms with Crippen LogP contribution in [0, 0.1) is 46.8 Å². The summed E-state index contributed by atoms with van der Waals surface area (Å²) in [6.07, 6.45) is 3.80. The van der Waals surface area contributed by atoms with Crippen molar-refractivity contribution in [1.82, 2.24) is 9.97 Å². The zero-order valence-corrected chi connectivity index (χ0v) is 26.3. The number of rotatable bonds is 2. The number of benzene rings is 3. The molecule has 0 unspecified atom stereocenters. The maximum absolute atomic E-state index is 6.37. The van der Waals surface area contributed by atoms with Crippen molar-refractivity contribution in [2.75, 3.05) is 0 Å². The Kier molecular flexibility index (Phi) is 8.00. The molecule has 5 heteroatoms. The summed E-state index contributed by atoms with van der Waals surface area (Å²) in [7, 11) is 0. The van der Waals surface area contributed by atoms with Crippen LogP contribution in [0.3, 0.4) is 0 Å². The SMILES string of the molecule is Cc1c[c-]c(-c2ccc(C)cn2)cc1.Cc1cc2ccc3c4cc[c-]c(-c5cc(C)c(C)cn5)c4oc3c2s1.[Ir]. The van der Waals surface area contributed by atoms with Crippen LogP contribution in [0.5, 0.6) is 0 Å². The summed E-state index contributed by atoms with van der Waals surface area (Å²) in [5.41, 5.74) is 10.5. The van der Waals surface area contributed by atoms with Crippen LogP contribution in [0.4, 0.5) is 0 Å². The third kappa shape index (κ3) is 5.38. The van der Waals surface area contributed by atoms with Gasteiger partial charge in [0.25, 0.3) is 0 Å². The third-order valence-corrected chi connectivity index (χ3v) is 8.06. The first kappa shape index (κ1) is 27.9. The van der Waals surface area contributed by atoms with Gasteiger partial charge in [-0.15, -0.1) is 64.9 Å². The van der Waals surface area contributed by atoms with Crippen molar-refractivity contribution in [2.24, 2.45) is 0 Å². The van der Waals surface area contributed by atoms with E-state index >= 15 is 0 Å². The first-order valence-corrected chi connectivity index (χ1v) is 13.8. The molecule has 3 aromatic carbocycles. The fourth-order valence-corrected chi connectivity index (χ4v) is 5.66. The molecule has 201 valence electrons. The van der Waals surface area contributed by atoms with Gasteiger partial charge in [-0.2, -0.15) is 0 Å². The van der Waals surface area contributed by atoms with E-state index < -0.39 is 0 Å². The Labute approximate surface area is 252 Å². The Bertz CT molecular complexity index is 1910. The summed E-state index contributed by atoms with van der Waals surface area (Å²) in [6, 6.07) is 29.5. The molecule has 0 aliphatic heterocycles. The minimum Gasteiger partial charge on any atom is -0.499 e. The van der Waals surface area contributed by atoms with Crippen LogP contribution in [0.15, 0.2) is 83.5 Å². The average Bonchev–Trinajstić information content (AvgIpc) is 3.51. The van der Waals surface area contributed by atoms with E-state index in [0.29, 0.717) is 0 Å². The number of nitrogens with zero attached hydrogens (tertiary/aromatic N) is 2. The molecule has 7 aromatic rings. The fourth-order valence-electron chi connectivity index (χ4n) is 4.66. The maximum atomic E-state index is 6.37. The van der Waals surface area contributed by atoms with Crippen LogP contribution in [0.1, 0.15) is 27.1 Å². The van der Waals surface area contributed by atoms with E-state index in [4.69, 9.17) is 4.42 Å². The van der Waals surface area contributed by atoms with Gasteiger partial charge in [-0.05, 0) is 61.7 Å². The van der Waals surface area contributed by atoms with Gasteiger partial charge in [0.2, 0.25) is 0 Å². The molecule has 0 aliphatic rings. The molecule has 0 spiro atoms. The summed E-state index contributed by atoms with van der Waals surface area (Å²) in [4.78, 5) is 10.3. The molecule has 0 atom stereocenters. The number of aromatic nitrogens is 2. The van der Waals surface area contributed by atoms with Crippen LogP contribution >= 0.6 is 11.3 Å². The van der Waals surface area contributed by atoms with Gasteiger partial charge in [0.15, 0.2) is 0 Å². The second kappa shape index (κ2) is 11.5. The predicted molar refractivity (Wildman–Crippen MR) is 163 cm³/mol. The van der Waals surface area contributed by atoms with Crippen molar-refractivity contribution in [2.45, 2.75) is 34.6 Å². The molecule has 0 amide bonds. The molecule has 0 bridgehead atoms. The van der Waals surface area contributed by atoms with Gasteiger partial charge < -0.3 is 14.4 Å². The maximum Gasteiger partial charge on any atom is 0.138 e. The van der Waals surface area contributed by atoms with E-state index in [9.17, 15) is 0 Å². The smallest absolute Gasteiger partial charge is 0.138 e. The van der Waals surface area contributed by atoms with Crippen molar-refractivity contribution < 1.29 is 24.5 Å². The number of furan rings is 1. The first-order chi connectivity index (χ1) is 18.9. The number of aryl methyl sites for hydroxylation is 5. The predicted octanol–water partition coefficient (Wildman–Crippen LogP) is 9.75. The van der Waals surface area contributed by atoms with Crippen molar-refractivity contribution in [3.05, 3.63) is 118 Å². The van der Waals surface area contributed by atoms with Gasteiger partial charge >= 0.3 is 0 Å².